The van der Waals surface area contributed by atoms with Gasteiger partial charge in [-0.05, 0) is 19.4 Å². The molecular weight excluding hydrogens is 381 g/mol. The van der Waals surface area contributed by atoms with Crippen molar-refractivity contribution in [3.05, 3.63) is 40.7 Å². The minimum absolute atomic E-state index is 0.128. The summed E-state index contributed by atoms with van der Waals surface area (Å²) in [6.45, 7) is 3.60. The molecule has 0 aromatic heterocycles. The minimum atomic E-state index is -1.44. The molecule has 1 aromatic carbocycles. The fourth-order valence-electron chi connectivity index (χ4n) is 3.20. The second-order valence-electron chi connectivity index (χ2n) is 7.36. The van der Waals surface area contributed by atoms with Crippen LogP contribution in [0.3, 0.4) is 0 Å². The fourth-order valence-corrected chi connectivity index (χ4v) is 3.20. The van der Waals surface area contributed by atoms with Gasteiger partial charge in [0.15, 0.2) is 11.6 Å². The Hall–Kier alpha value is -2.07. The Morgan fingerprint density at radius 1 is 0.897 bits per heavy atom. The first kappa shape index (κ1) is 25.0. The van der Waals surface area contributed by atoms with Gasteiger partial charge in [0.2, 0.25) is 0 Å². The second kappa shape index (κ2) is 14.0. The van der Waals surface area contributed by atoms with Gasteiger partial charge < -0.3 is 4.74 Å². The molecule has 0 fully saturated rings. The maximum Gasteiger partial charge on any atom is 0.318 e. The van der Waals surface area contributed by atoms with E-state index in [1.807, 2.05) is 0 Å². The Morgan fingerprint density at radius 2 is 1.41 bits per heavy atom. The van der Waals surface area contributed by atoms with Crippen LogP contribution in [0.15, 0.2) is 17.7 Å². The molecule has 1 unspecified atom stereocenters. The molecule has 0 saturated heterocycles. The summed E-state index contributed by atoms with van der Waals surface area (Å²) in [5, 5.41) is 0. The quantitative estimate of drug-likeness (QED) is 0.153. The summed E-state index contributed by atoms with van der Waals surface area (Å²) >= 11 is 0. The van der Waals surface area contributed by atoms with E-state index >= 15 is 0 Å². The third-order valence-electron chi connectivity index (χ3n) is 4.92. The largest absolute Gasteiger partial charge is 0.465 e. The normalized spacial score (nSPS) is 11.8. The summed E-state index contributed by atoms with van der Waals surface area (Å²) in [6, 6.07) is 0.934. The highest BCUT2D eigenvalue weighted by Crippen LogP contribution is 2.28. The van der Waals surface area contributed by atoms with Gasteiger partial charge in [0.1, 0.15) is 17.7 Å². The maximum atomic E-state index is 14.0. The number of esters is 1. The molecule has 0 amide bonds. The highest BCUT2D eigenvalue weighted by molar-refractivity contribution is 5.84. The van der Waals surface area contributed by atoms with Crippen molar-refractivity contribution in [3.8, 4) is 0 Å². The number of carbonyl (C=O) groups is 1. The molecule has 3 nitrogen and oxygen atoms in total. The molecule has 29 heavy (non-hydrogen) atoms. The van der Waals surface area contributed by atoms with Crippen LogP contribution in [0.25, 0.3) is 0 Å². The zero-order valence-electron chi connectivity index (χ0n) is 17.4. The van der Waals surface area contributed by atoms with Crippen molar-refractivity contribution in [3.63, 3.8) is 0 Å². The molecule has 6 heteroatoms. The van der Waals surface area contributed by atoms with Gasteiger partial charge in [-0.1, -0.05) is 64.7 Å². The van der Waals surface area contributed by atoms with Crippen molar-refractivity contribution in [1.82, 2.24) is 0 Å². The van der Waals surface area contributed by atoms with Crippen LogP contribution in [0.1, 0.15) is 89.5 Å². The van der Waals surface area contributed by atoms with Crippen LogP contribution in [0.5, 0.6) is 0 Å². The molecule has 0 spiro atoms. The summed E-state index contributed by atoms with van der Waals surface area (Å²) in [5.41, 5.74) is -0.583. The monoisotopic (exact) mass is 412 g/mol. The van der Waals surface area contributed by atoms with E-state index in [0.29, 0.717) is 18.6 Å². The predicted octanol–water partition coefficient (Wildman–Crippen LogP) is 6.43. The fraction of sp³-hybridized carbons (Fsp3) is 0.609. The topological polar surface area (TPSA) is 43.4 Å². The van der Waals surface area contributed by atoms with Gasteiger partial charge in [-0.25, -0.2) is 18.0 Å². The molecule has 1 atom stereocenters. The van der Waals surface area contributed by atoms with Crippen molar-refractivity contribution in [2.75, 3.05) is 6.61 Å². The van der Waals surface area contributed by atoms with Gasteiger partial charge in [-0.15, -0.1) is 0 Å². The van der Waals surface area contributed by atoms with Crippen molar-refractivity contribution < 1.29 is 27.5 Å². The van der Waals surface area contributed by atoms with E-state index in [1.54, 1.807) is 0 Å². The lowest BCUT2D eigenvalue weighted by Gasteiger charge is -2.16. The third kappa shape index (κ3) is 8.86. The van der Waals surface area contributed by atoms with Crippen LogP contribution in [-0.4, -0.2) is 18.5 Å². The lowest BCUT2D eigenvalue weighted by Crippen LogP contribution is -2.20. The van der Waals surface area contributed by atoms with Crippen LogP contribution in [0, 0.1) is 17.5 Å². The average molecular weight is 412 g/mol. The summed E-state index contributed by atoms with van der Waals surface area (Å²) < 4.78 is 45.8. The number of carbonyl (C=O) groups excluding carboxylic acids is 2. The molecule has 0 bridgehead atoms. The van der Waals surface area contributed by atoms with Crippen LogP contribution in [0.2, 0.25) is 0 Å². The number of halogens is 3. The summed E-state index contributed by atoms with van der Waals surface area (Å²) in [7, 11) is 0. The van der Waals surface area contributed by atoms with Crippen LogP contribution in [-0.2, 0) is 14.3 Å². The van der Waals surface area contributed by atoms with Crippen molar-refractivity contribution in [1.29, 1.82) is 0 Å². The Labute approximate surface area is 171 Å². The van der Waals surface area contributed by atoms with E-state index in [0.717, 1.165) is 19.3 Å². The van der Waals surface area contributed by atoms with Crippen molar-refractivity contribution in [2.45, 2.75) is 84.0 Å². The molecule has 0 saturated carbocycles. The van der Waals surface area contributed by atoms with Gasteiger partial charge in [-0.2, -0.15) is 0 Å². The molecule has 0 aliphatic carbocycles. The first-order valence-electron chi connectivity index (χ1n) is 10.4. The Kier molecular flexibility index (Phi) is 12.1. The summed E-state index contributed by atoms with van der Waals surface area (Å²) in [5.74, 6) is -4.55. The van der Waals surface area contributed by atoms with Crippen molar-refractivity contribution in [2.24, 2.45) is 0 Å². The molecule has 0 aliphatic rings. The second-order valence-corrected chi connectivity index (χ2v) is 7.36. The molecular formula is C23H31F3O3. The Bertz CT molecular complexity index is 697. The molecule has 0 heterocycles. The summed E-state index contributed by atoms with van der Waals surface area (Å²) in [4.78, 5) is 23.3. The van der Waals surface area contributed by atoms with Gasteiger partial charge in [-0.3, -0.25) is 4.79 Å². The van der Waals surface area contributed by atoms with Crippen LogP contribution >= 0.6 is 0 Å². The molecule has 1 rings (SSSR count). The van der Waals surface area contributed by atoms with Crippen molar-refractivity contribution >= 4 is 11.9 Å². The zero-order chi connectivity index (χ0) is 21.6. The molecule has 0 radical (unpaired) electrons. The highest BCUT2D eigenvalue weighted by atomic mass is 19.2. The van der Waals surface area contributed by atoms with E-state index in [2.05, 4.69) is 6.92 Å². The smallest absolute Gasteiger partial charge is 0.318 e. The van der Waals surface area contributed by atoms with Gasteiger partial charge in [0, 0.05) is 17.2 Å². The number of rotatable bonds is 14. The SMILES string of the molecule is CCCCCCCCCCCCOC(=O)C(C(C)=C=O)c1cc(F)c(F)cc1F. The van der Waals surface area contributed by atoms with E-state index in [1.165, 1.54) is 51.4 Å². The number of benzene rings is 1. The number of ether oxygens (including phenoxy) is 1. The summed E-state index contributed by atoms with van der Waals surface area (Å²) in [6.07, 6.45) is 11.3. The number of hydrogen-bond donors (Lipinski definition) is 0. The first-order chi connectivity index (χ1) is 13.9. The number of unbranched alkanes of at least 4 members (excludes halogenated alkanes) is 9. The van der Waals surface area contributed by atoms with E-state index in [4.69, 9.17) is 4.74 Å². The van der Waals surface area contributed by atoms with E-state index < -0.39 is 34.9 Å². The van der Waals surface area contributed by atoms with Gasteiger partial charge >= 0.3 is 5.97 Å². The Balaban J connectivity index is 2.44. The molecule has 0 N–H and O–H groups in total. The minimum Gasteiger partial charge on any atom is -0.465 e. The van der Waals surface area contributed by atoms with Gasteiger partial charge in [0.05, 0.1) is 6.61 Å². The van der Waals surface area contributed by atoms with E-state index in [9.17, 15) is 22.8 Å². The first-order valence-corrected chi connectivity index (χ1v) is 10.4. The standard InChI is InChI=1S/C23H31F3O3/c1-3-4-5-6-7-8-9-10-11-12-13-29-23(28)22(17(2)16-27)18-14-20(25)21(26)15-19(18)24/h14-15,22H,3-13H2,1-2H3. The lowest BCUT2D eigenvalue weighted by atomic mass is 9.92. The average Bonchev–Trinajstić information content (AvgIpc) is 2.70. The molecule has 0 aliphatic heterocycles. The molecule has 162 valence electrons. The number of hydrogen-bond acceptors (Lipinski definition) is 3. The highest BCUT2D eigenvalue weighted by Gasteiger charge is 2.29. The van der Waals surface area contributed by atoms with Gasteiger partial charge in [0.25, 0.3) is 0 Å². The Morgan fingerprint density at radius 3 is 1.97 bits per heavy atom. The zero-order valence-corrected chi connectivity index (χ0v) is 17.4. The van der Waals surface area contributed by atoms with E-state index in [-0.39, 0.29) is 12.2 Å². The maximum absolute atomic E-state index is 14.0. The predicted molar refractivity (Wildman–Crippen MR) is 107 cm³/mol. The van der Waals surface area contributed by atoms with Crippen LogP contribution < -0.4 is 0 Å². The van der Waals surface area contributed by atoms with Crippen LogP contribution in [0.4, 0.5) is 13.2 Å². The molecule has 1 aromatic rings. The lowest BCUT2D eigenvalue weighted by molar-refractivity contribution is -0.144. The third-order valence-corrected chi connectivity index (χ3v) is 4.92.